The van der Waals surface area contributed by atoms with E-state index < -0.39 is 0 Å². The highest BCUT2D eigenvalue weighted by Crippen LogP contribution is 2.29. The summed E-state index contributed by atoms with van der Waals surface area (Å²) in [4.78, 5) is 5.15. The van der Waals surface area contributed by atoms with E-state index in [1.165, 1.54) is 24.2 Å². The molecule has 0 aromatic heterocycles. The van der Waals surface area contributed by atoms with Crippen molar-refractivity contribution in [3.05, 3.63) is 29.8 Å². The van der Waals surface area contributed by atoms with Crippen LogP contribution in [0.5, 0.6) is 0 Å². The van der Waals surface area contributed by atoms with Crippen LogP contribution in [0, 0.1) is 0 Å². The molecule has 1 N–H and O–H groups in total. The molecule has 1 aliphatic heterocycles. The second-order valence-electron chi connectivity index (χ2n) is 5.68. The van der Waals surface area contributed by atoms with E-state index in [0.717, 1.165) is 19.6 Å². The van der Waals surface area contributed by atoms with Gasteiger partial charge in [-0.05, 0) is 45.1 Å². The topological polar surface area (TPSA) is 18.5 Å². The van der Waals surface area contributed by atoms with Gasteiger partial charge in [-0.2, -0.15) is 0 Å². The van der Waals surface area contributed by atoms with E-state index in [2.05, 4.69) is 60.2 Å². The Morgan fingerprint density at radius 3 is 2.65 bits per heavy atom. The van der Waals surface area contributed by atoms with Gasteiger partial charge in [0.1, 0.15) is 0 Å². The van der Waals surface area contributed by atoms with Gasteiger partial charge in [0.2, 0.25) is 0 Å². The Hall–Kier alpha value is -1.06. The number of benzene rings is 1. The van der Waals surface area contributed by atoms with Crippen molar-refractivity contribution in [2.45, 2.75) is 39.3 Å². The molecule has 20 heavy (non-hydrogen) atoms. The van der Waals surface area contributed by atoms with Crippen LogP contribution in [0.3, 0.4) is 0 Å². The number of rotatable bonds is 6. The zero-order valence-electron chi connectivity index (χ0n) is 13.4. The van der Waals surface area contributed by atoms with E-state index >= 15 is 0 Å². The molecule has 2 atom stereocenters. The molecule has 0 spiro atoms. The van der Waals surface area contributed by atoms with Crippen LogP contribution in [-0.4, -0.2) is 44.2 Å². The minimum absolute atomic E-state index is 0.402. The predicted molar refractivity (Wildman–Crippen MR) is 87.5 cm³/mol. The van der Waals surface area contributed by atoms with Crippen LogP contribution in [0.25, 0.3) is 0 Å². The van der Waals surface area contributed by atoms with Crippen molar-refractivity contribution in [2.75, 3.05) is 38.1 Å². The molecule has 2 rings (SSSR count). The molecule has 0 amide bonds. The van der Waals surface area contributed by atoms with Crippen molar-refractivity contribution in [3.63, 3.8) is 0 Å². The molecule has 1 aromatic rings. The quantitative estimate of drug-likeness (QED) is 0.861. The van der Waals surface area contributed by atoms with Crippen LogP contribution in [0.1, 0.15) is 38.8 Å². The number of nitrogens with zero attached hydrogens (tertiary/aromatic N) is 2. The summed E-state index contributed by atoms with van der Waals surface area (Å²) >= 11 is 0. The lowest BCUT2D eigenvalue weighted by molar-refractivity contribution is 0.232. The third-order valence-electron chi connectivity index (χ3n) is 4.67. The van der Waals surface area contributed by atoms with Crippen molar-refractivity contribution < 1.29 is 0 Å². The van der Waals surface area contributed by atoms with Crippen molar-refractivity contribution >= 4 is 5.69 Å². The second kappa shape index (κ2) is 7.09. The summed E-state index contributed by atoms with van der Waals surface area (Å²) in [5.41, 5.74) is 2.82. The second-order valence-corrected chi connectivity index (χ2v) is 5.68. The highest BCUT2D eigenvalue weighted by Gasteiger charge is 2.27. The van der Waals surface area contributed by atoms with Crippen LogP contribution in [0.4, 0.5) is 5.69 Å². The minimum Gasteiger partial charge on any atom is -0.370 e. The number of anilines is 1. The molecule has 1 saturated heterocycles. The number of para-hydroxylation sites is 1. The number of hydrogen-bond donors (Lipinski definition) is 1. The fourth-order valence-electron chi connectivity index (χ4n) is 3.30. The first-order valence-electron chi connectivity index (χ1n) is 7.96. The lowest BCUT2D eigenvalue weighted by Gasteiger charge is -2.28. The lowest BCUT2D eigenvalue weighted by Crippen LogP contribution is -2.37. The summed E-state index contributed by atoms with van der Waals surface area (Å²) in [6.07, 6.45) is 1.28. The molecule has 0 saturated carbocycles. The first kappa shape index (κ1) is 15.3. The Labute approximate surface area is 124 Å². The molecule has 1 aromatic carbocycles. The third-order valence-corrected chi connectivity index (χ3v) is 4.67. The molecular formula is C17H29N3. The van der Waals surface area contributed by atoms with Gasteiger partial charge in [-0.15, -0.1) is 0 Å². The summed E-state index contributed by atoms with van der Waals surface area (Å²) in [5.74, 6) is 0. The van der Waals surface area contributed by atoms with E-state index in [0.29, 0.717) is 12.1 Å². The van der Waals surface area contributed by atoms with Gasteiger partial charge in [-0.25, -0.2) is 0 Å². The zero-order valence-corrected chi connectivity index (χ0v) is 13.4. The van der Waals surface area contributed by atoms with Crippen molar-refractivity contribution in [1.29, 1.82) is 0 Å². The Bertz CT molecular complexity index is 414. The van der Waals surface area contributed by atoms with Crippen LogP contribution in [0.2, 0.25) is 0 Å². The summed E-state index contributed by atoms with van der Waals surface area (Å²) in [7, 11) is 2.03. The number of nitrogens with one attached hydrogen (secondary N) is 1. The Kier molecular flexibility index (Phi) is 5.44. The maximum Gasteiger partial charge on any atom is 0.0415 e. The summed E-state index contributed by atoms with van der Waals surface area (Å²) in [6, 6.07) is 9.94. The van der Waals surface area contributed by atoms with Gasteiger partial charge in [-0.1, -0.05) is 32.0 Å². The molecule has 3 heteroatoms. The van der Waals surface area contributed by atoms with Gasteiger partial charge >= 0.3 is 0 Å². The molecule has 1 fully saturated rings. The normalized spacial score (nSPS) is 20.6. The average molecular weight is 275 g/mol. The van der Waals surface area contributed by atoms with E-state index in [9.17, 15) is 0 Å². The highest BCUT2D eigenvalue weighted by atomic mass is 15.3. The lowest BCUT2D eigenvalue weighted by atomic mass is 10.1. The molecule has 3 nitrogen and oxygen atoms in total. The Morgan fingerprint density at radius 2 is 2.00 bits per heavy atom. The van der Waals surface area contributed by atoms with Crippen LogP contribution in [0.15, 0.2) is 24.3 Å². The maximum atomic E-state index is 3.36. The standard InChI is InChI=1S/C17H29N3/c1-5-19(6-2)15-11-12-20(13-15)17-10-8-7-9-16(17)14(3)18-4/h7-10,14-15,18H,5-6,11-13H2,1-4H3. The number of likely N-dealkylation sites (N-methyl/N-ethyl adjacent to an activating group) is 1. The van der Waals surface area contributed by atoms with Gasteiger partial charge in [-0.3, -0.25) is 4.90 Å². The van der Waals surface area contributed by atoms with E-state index in [-0.39, 0.29) is 0 Å². The largest absolute Gasteiger partial charge is 0.370 e. The fraction of sp³-hybridized carbons (Fsp3) is 0.647. The molecule has 0 bridgehead atoms. The Morgan fingerprint density at radius 1 is 1.30 bits per heavy atom. The molecule has 1 heterocycles. The van der Waals surface area contributed by atoms with Crippen LogP contribution < -0.4 is 10.2 Å². The SMILES string of the molecule is CCN(CC)C1CCN(c2ccccc2C(C)NC)C1. The smallest absolute Gasteiger partial charge is 0.0415 e. The van der Waals surface area contributed by atoms with Crippen molar-refractivity contribution in [3.8, 4) is 0 Å². The van der Waals surface area contributed by atoms with Gasteiger partial charge in [0.05, 0.1) is 0 Å². The van der Waals surface area contributed by atoms with Crippen molar-refractivity contribution in [1.82, 2.24) is 10.2 Å². The molecule has 112 valence electrons. The fourth-order valence-corrected chi connectivity index (χ4v) is 3.30. The van der Waals surface area contributed by atoms with E-state index in [1.807, 2.05) is 7.05 Å². The first-order valence-corrected chi connectivity index (χ1v) is 7.96. The third kappa shape index (κ3) is 3.15. The van der Waals surface area contributed by atoms with Gasteiger partial charge in [0, 0.05) is 30.9 Å². The molecule has 0 aliphatic carbocycles. The molecule has 0 radical (unpaired) electrons. The zero-order chi connectivity index (χ0) is 14.5. The van der Waals surface area contributed by atoms with Gasteiger partial charge in [0.25, 0.3) is 0 Å². The predicted octanol–water partition coefficient (Wildman–Crippen LogP) is 2.89. The molecule has 2 unspecified atom stereocenters. The van der Waals surface area contributed by atoms with Gasteiger partial charge in [0.15, 0.2) is 0 Å². The van der Waals surface area contributed by atoms with Crippen molar-refractivity contribution in [2.24, 2.45) is 0 Å². The Balaban J connectivity index is 2.14. The maximum absolute atomic E-state index is 3.36. The highest BCUT2D eigenvalue weighted by molar-refractivity contribution is 5.55. The monoisotopic (exact) mass is 275 g/mol. The minimum atomic E-state index is 0.402. The molecule has 1 aliphatic rings. The molecular weight excluding hydrogens is 246 g/mol. The summed E-state index contributed by atoms with van der Waals surface area (Å²) in [5, 5.41) is 3.36. The van der Waals surface area contributed by atoms with Crippen LogP contribution in [-0.2, 0) is 0 Å². The van der Waals surface area contributed by atoms with E-state index in [1.54, 1.807) is 0 Å². The van der Waals surface area contributed by atoms with Crippen LogP contribution >= 0.6 is 0 Å². The first-order chi connectivity index (χ1) is 9.71. The van der Waals surface area contributed by atoms with E-state index in [4.69, 9.17) is 0 Å². The average Bonchev–Trinajstić information content (AvgIpc) is 2.97. The number of hydrogen-bond acceptors (Lipinski definition) is 3. The summed E-state index contributed by atoms with van der Waals surface area (Å²) in [6.45, 7) is 11.4. The summed E-state index contributed by atoms with van der Waals surface area (Å²) < 4.78 is 0. The van der Waals surface area contributed by atoms with Gasteiger partial charge < -0.3 is 10.2 Å².